The van der Waals surface area contributed by atoms with E-state index < -0.39 is 10.4 Å². The standard InChI is InChI=1S/C5H6ClN3.H2O4S/c1-9-3-4(6)5(7)2-8-9;1-5(2,3)4/h2-3,7H,1H3;(H2,1,2,3,4). The Hall–Kier alpha value is -0.960. The predicted molar refractivity (Wildman–Crippen MR) is 47.2 cm³/mol. The highest BCUT2D eigenvalue weighted by atomic mass is 35.5. The molecule has 1 heterocycles. The maximum atomic E-state index is 8.63. The zero-order valence-corrected chi connectivity index (χ0v) is 8.66. The topological polar surface area (TPSA) is 120 Å². The number of aromatic nitrogens is 2. The van der Waals surface area contributed by atoms with Gasteiger partial charge in [-0.05, 0) is 5.10 Å². The average molecular weight is 242 g/mol. The van der Waals surface area contributed by atoms with Gasteiger partial charge in [0.1, 0.15) is 11.2 Å². The van der Waals surface area contributed by atoms with E-state index in [1.807, 2.05) is 0 Å². The first kappa shape index (κ1) is 13.0. The van der Waals surface area contributed by atoms with E-state index in [9.17, 15) is 0 Å². The highest BCUT2D eigenvalue weighted by Gasteiger charge is 1.99. The number of halogens is 1. The molecule has 7 nitrogen and oxygen atoms in total. The van der Waals surface area contributed by atoms with E-state index in [4.69, 9.17) is 34.9 Å². The fourth-order valence-corrected chi connectivity index (χ4v) is 0.677. The van der Waals surface area contributed by atoms with Gasteiger partial charge in [0.15, 0.2) is 7.05 Å². The zero-order valence-electron chi connectivity index (χ0n) is 7.08. The van der Waals surface area contributed by atoms with Crippen LogP contribution in [0, 0.1) is 0 Å². The molecule has 14 heavy (non-hydrogen) atoms. The second-order valence-corrected chi connectivity index (χ2v) is 3.44. The van der Waals surface area contributed by atoms with Gasteiger partial charge < -0.3 is 10.3 Å². The van der Waals surface area contributed by atoms with Crippen LogP contribution in [0.5, 0.6) is 0 Å². The Morgan fingerprint density at radius 3 is 2.43 bits per heavy atom. The molecule has 0 aliphatic rings. The molecule has 0 saturated carbocycles. The van der Waals surface area contributed by atoms with Crippen LogP contribution >= 0.6 is 11.6 Å². The summed E-state index contributed by atoms with van der Waals surface area (Å²) in [5, 5.41) is 4.38. The lowest BCUT2D eigenvalue weighted by Crippen LogP contribution is -2.31. The number of hydrogen-bond acceptors (Lipinski definition) is 5. The lowest BCUT2D eigenvalue weighted by atomic mass is 10.5. The van der Waals surface area contributed by atoms with Crippen LogP contribution in [-0.4, -0.2) is 22.6 Å². The number of aryl methyl sites for hydroxylation is 1. The molecule has 80 valence electrons. The molecule has 0 aliphatic heterocycles. The fraction of sp³-hybridized carbons (Fsp3) is 0.200. The molecule has 3 N–H and O–H groups in total. The van der Waals surface area contributed by atoms with Crippen molar-refractivity contribution in [1.29, 1.82) is 0 Å². The Bertz CT molecular complexity index is 399. The van der Waals surface area contributed by atoms with Crippen molar-refractivity contribution in [3.63, 3.8) is 0 Å². The van der Waals surface area contributed by atoms with Crippen LogP contribution in [0.15, 0.2) is 12.4 Å². The largest absolute Gasteiger partial charge is 0.726 e. The van der Waals surface area contributed by atoms with Gasteiger partial charge in [-0.25, -0.2) is 8.42 Å². The zero-order chi connectivity index (χ0) is 11.4. The second kappa shape index (κ2) is 5.05. The summed E-state index contributed by atoms with van der Waals surface area (Å²) in [6.45, 7) is 0. The first-order valence-electron chi connectivity index (χ1n) is 3.15. The summed E-state index contributed by atoms with van der Waals surface area (Å²) in [4.78, 5) is 0. The summed E-state index contributed by atoms with van der Waals surface area (Å²) >= 11 is 5.63. The van der Waals surface area contributed by atoms with E-state index in [1.165, 1.54) is 6.20 Å². The van der Waals surface area contributed by atoms with Crippen LogP contribution < -0.4 is 10.4 Å². The number of nitrogens with zero attached hydrogens (tertiary/aromatic N) is 2. The summed E-state index contributed by atoms with van der Waals surface area (Å²) in [5.41, 5.74) is 5.89. The fourth-order valence-electron chi connectivity index (χ4n) is 0.487. The summed E-state index contributed by atoms with van der Waals surface area (Å²) in [5.74, 6) is 0. The maximum Gasteiger partial charge on any atom is 0.216 e. The van der Waals surface area contributed by atoms with Crippen molar-refractivity contribution < 1.29 is 22.2 Å². The highest BCUT2D eigenvalue weighted by molar-refractivity contribution is 7.79. The Labute approximate surface area is 85.7 Å². The van der Waals surface area contributed by atoms with E-state index in [-0.39, 0.29) is 0 Å². The molecule has 0 bridgehead atoms. The van der Waals surface area contributed by atoms with Crippen molar-refractivity contribution >= 4 is 27.7 Å². The molecular weight excluding hydrogens is 234 g/mol. The molecule has 9 heteroatoms. The number of rotatable bonds is 0. The Balaban J connectivity index is 0.000000292. The van der Waals surface area contributed by atoms with Crippen LogP contribution in [0.1, 0.15) is 0 Å². The molecule has 0 saturated heterocycles. The lowest BCUT2D eigenvalue weighted by molar-refractivity contribution is -0.730. The molecule has 1 rings (SSSR count). The molecule has 0 spiro atoms. The van der Waals surface area contributed by atoms with Gasteiger partial charge in [0.25, 0.3) is 0 Å². The molecule has 0 aromatic carbocycles. The molecular formula is C5H8ClN3O4S. The SMILES string of the molecule is C[n+]1cc(Cl)c(N)cn1.O=S(=O)([O-])O. The van der Waals surface area contributed by atoms with E-state index in [0.29, 0.717) is 10.7 Å². The molecule has 1 aromatic rings. The highest BCUT2D eigenvalue weighted by Crippen LogP contribution is 2.11. The van der Waals surface area contributed by atoms with Crippen molar-refractivity contribution in [1.82, 2.24) is 5.10 Å². The molecule has 0 radical (unpaired) electrons. The summed E-state index contributed by atoms with van der Waals surface area (Å²) in [6.07, 6.45) is 3.17. The molecule has 0 aliphatic carbocycles. The summed E-state index contributed by atoms with van der Waals surface area (Å²) in [6, 6.07) is 0. The smallest absolute Gasteiger partial charge is 0.216 e. The number of anilines is 1. The first-order chi connectivity index (χ1) is 6.20. The van der Waals surface area contributed by atoms with Crippen molar-refractivity contribution in [3.8, 4) is 0 Å². The van der Waals surface area contributed by atoms with Crippen LogP contribution in [0.25, 0.3) is 0 Å². The monoisotopic (exact) mass is 241 g/mol. The quantitative estimate of drug-likeness (QED) is 0.347. The third kappa shape index (κ3) is 7.68. The Morgan fingerprint density at radius 1 is 1.71 bits per heavy atom. The minimum atomic E-state index is -4.92. The van der Waals surface area contributed by atoms with Crippen molar-refractivity contribution in [2.75, 3.05) is 5.73 Å². The third-order valence-electron chi connectivity index (χ3n) is 0.955. The molecule has 0 atom stereocenters. The van der Waals surface area contributed by atoms with Crippen LogP contribution in [0.2, 0.25) is 5.02 Å². The predicted octanol–water partition coefficient (Wildman–Crippen LogP) is -0.854. The van der Waals surface area contributed by atoms with Crippen LogP contribution in [0.4, 0.5) is 5.69 Å². The van der Waals surface area contributed by atoms with E-state index in [0.717, 1.165) is 0 Å². The van der Waals surface area contributed by atoms with Crippen molar-refractivity contribution in [2.24, 2.45) is 7.05 Å². The van der Waals surface area contributed by atoms with Crippen molar-refractivity contribution in [2.45, 2.75) is 0 Å². The minimum Gasteiger partial charge on any atom is -0.726 e. The molecule has 0 unspecified atom stereocenters. The number of nitrogens with two attached hydrogens (primary N) is 1. The van der Waals surface area contributed by atoms with E-state index >= 15 is 0 Å². The lowest BCUT2D eigenvalue weighted by Gasteiger charge is -1.89. The van der Waals surface area contributed by atoms with Gasteiger partial charge >= 0.3 is 0 Å². The summed E-state index contributed by atoms with van der Waals surface area (Å²) in [7, 11) is -3.13. The van der Waals surface area contributed by atoms with Crippen molar-refractivity contribution in [3.05, 3.63) is 17.4 Å². The van der Waals surface area contributed by atoms with Gasteiger partial charge in [0, 0.05) is 0 Å². The summed E-state index contributed by atoms with van der Waals surface area (Å²) < 4.78 is 34.4. The third-order valence-corrected chi connectivity index (χ3v) is 1.27. The normalized spacial score (nSPS) is 10.3. The molecule has 0 amide bonds. The maximum absolute atomic E-state index is 8.63. The Morgan fingerprint density at radius 2 is 2.14 bits per heavy atom. The van der Waals surface area contributed by atoms with Gasteiger partial charge in [-0.2, -0.15) is 0 Å². The van der Waals surface area contributed by atoms with E-state index in [2.05, 4.69) is 5.10 Å². The van der Waals surface area contributed by atoms with E-state index in [1.54, 1.807) is 17.9 Å². The van der Waals surface area contributed by atoms with Gasteiger partial charge in [0.2, 0.25) is 16.6 Å². The first-order valence-corrected chi connectivity index (χ1v) is 4.89. The van der Waals surface area contributed by atoms with Gasteiger partial charge in [-0.1, -0.05) is 16.3 Å². The van der Waals surface area contributed by atoms with Gasteiger partial charge in [-0.3, -0.25) is 4.55 Å². The number of nitrogen functional groups attached to an aromatic ring is 1. The molecule has 0 fully saturated rings. The number of hydrogen-bond donors (Lipinski definition) is 2. The van der Waals surface area contributed by atoms with Crippen LogP contribution in [0.3, 0.4) is 0 Å². The van der Waals surface area contributed by atoms with Gasteiger partial charge in [-0.15, -0.1) is 0 Å². The average Bonchev–Trinajstić information content (AvgIpc) is 1.94. The van der Waals surface area contributed by atoms with Crippen LogP contribution in [-0.2, 0) is 17.4 Å². The second-order valence-electron chi connectivity index (χ2n) is 2.18. The minimum absolute atomic E-state index is 0.509. The molecule has 1 aromatic heterocycles. The Kier molecular flexibility index (Phi) is 4.71. The van der Waals surface area contributed by atoms with Gasteiger partial charge in [0.05, 0.1) is 5.69 Å².